The average molecular weight is 472 g/mol. The zero-order valence-corrected chi connectivity index (χ0v) is 20.2. The highest BCUT2D eigenvalue weighted by molar-refractivity contribution is 7.13. The molecule has 0 N–H and O–H groups in total. The van der Waals surface area contributed by atoms with Gasteiger partial charge in [-0.3, -0.25) is 9.79 Å². The number of fused-ring (bicyclic) bond motifs is 3. The van der Waals surface area contributed by atoms with Crippen LogP contribution in [0.25, 0.3) is 0 Å². The van der Waals surface area contributed by atoms with Gasteiger partial charge in [-0.15, -0.1) is 11.3 Å². The van der Waals surface area contributed by atoms with Crippen molar-refractivity contribution in [3.8, 4) is 0 Å². The maximum Gasteiger partial charge on any atom is 0.308 e. The maximum absolute atomic E-state index is 12.7. The van der Waals surface area contributed by atoms with Gasteiger partial charge in [0.2, 0.25) is 0 Å². The molecule has 2 aliphatic rings. The van der Waals surface area contributed by atoms with E-state index in [1.807, 2.05) is 52.0 Å². The molecule has 2 aliphatic heterocycles. The Bertz CT molecular complexity index is 1140. The van der Waals surface area contributed by atoms with Gasteiger partial charge in [-0.1, -0.05) is 31.2 Å². The third kappa shape index (κ3) is 4.57. The van der Waals surface area contributed by atoms with Gasteiger partial charge >= 0.3 is 5.97 Å². The lowest BCUT2D eigenvalue weighted by molar-refractivity contribution is -0.154. The number of nitrogens with zero attached hydrogens (tertiary/aromatic N) is 3. The SMILES string of the molecule is C.CC1=NN=C2C(CC(=O)OC(C)(C)C)N=C(c3ccc(Cl)cc3)c3c(sc(C)c3C)C12. The van der Waals surface area contributed by atoms with Crippen LogP contribution >= 0.6 is 22.9 Å². The molecule has 2 unspecified atom stereocenters. The van der Waals surface area contributed by atoms with E-state index in [-0.39, 0.29) is 25.7 Å². The zero-order valence-electron chi connectivity index (χ0n) is 18.6. The van der Waals surface area contributed by atoms with E-state index in [9.17, 15) is 4.79 Å². The van der Waals surface area contributed by atoms with Gasteiger partial charge in [0.25, 0.3) is 0 Å². The topological polar surface area (TPSA) is 63.4 Å². The van der Waals surface area contributed by atoms with Crippen LogP contribution in [-0.4, -0.2) is 34.7 Å². The lowest BCUT2D eigenvalue weighted by Crippen LogP contribution is -2.31. The molecule has 4 rings (SSSR count). The first-order valence-electron chi connectivity index (χ1n) is 10.3. The lowest BCUT2D eigenvalue weighted by atomic mass is 9.88. The summed E-state index contributed by atoms with van der Waals surface area (Å²) in [6.07, 6.45) is 0.124. The van der Waals surface area contributed by atoms with Gasteiger partial charge in [0.1, 0.15) is 11.6 Å². The van der Waals surface area contributed by atoms with Crippen molar-refractivity contribution in [2.75, 3.05) is 0 Å². The van der Waals surface area contributed by atoms with Crippen LogP contribution in [0, 0.1) is 13.8 Å². The molecule has 3 heterocycles. The van der Waals surface area contributed by atoms with Crippen molar-refractivity contribution >= 4 is 46.0 Å². The Hall–Kier alpha value is -2.31. The van der Waals surface area contributed by atoms with E-state index in [0.29, 0.717) is 5.02 Å². The van der Waals surface area contributed by atoms with Gasteiger partial charge in [-0.25, -0.2) is 0 Å². The highest BCUT2D eigenvalue weighted by Crippen LogP contribution is 2.41. The zero-order chi connectivity index (χ0) is 22.5. The molecule has 0 saturated carbocycles. The van der Waals surface area contributed by atoms with E-state index in [1.165, 1.54) is 15.3 Å². The Labute approximate surface area is 199 Å². The Morgan fingerprint density at radius 3 is 2.41 bits per heavy atom. The molecule has 0 fully saturated rings. The summed E-state index contributed by atoms with van der Waals surface area (Å²) in [5.74, 6) is -0.353. The number of hydrogen-bond donors (Lipinski definition) is 0. The summed E-state index contributed by atoms with van der Waals surface area (Å²) in [6, 6.07) is 7.25. The van der Waals surface area contributed by atoms with Gasteiger partial charge in [-0.2, -0.15) is 10.2 Å². The number of carbonyl (C=O) groups is 1. The molecule has 7 heteroatoms. The van der Waals surface area contributed by atoms with Crippen LogP contribution in [0.5, 0.6) is 0 Å². The Morgan fingerprint density at radius 1 is 1.12 bits per heavy atom. The van der Waals surface area contributed by atoms with Crippen molar-refractivity contribution in [3.05, 3.63) is 55.7 Å². The van der Waals surface area contributed by atoms with Crippen LogP contribution in [0.3, 0.4) is 0 Å². The van der Waals surface area contributed by atoms with Crippen molar-refractivity contribution in [2.45, 2.75) is 73.0 Å². The molecule has 0 spiro atoms. The van der Waals surface area contributed by atoms with Crippen LogP contribution < -0.4 is 0 Å². The second kappa shape index (κ2) is 8.91. The molecular weight excluding hydrogens is 442 g/mol. The summed E-state index contributed by atoms with van der Waals surface area (Å²) >= 11 is 7.90. The normalized spacial score (nSPS) is 19.7. The summed E-state index contributed by atoms with van der Waals surface area (Å²) in [5.41, 5.74) is 5.34. The first-order chi connectivity index (χ1) is 14.5. The molecule has 2 aromatic rings. The van der Waals surface area contributed by atoms with E-state index in [4.69, 9.17) is 21.3 Å². The Morgan fingerprint density at radius 2 is 1.78 bits per heavy atom. The summed E-state index contributed by atoms with van der Waals surface area (Å²) in [5, 5.41) is 9.53. The van der Waals surface area contributed by atoms with Gasteiger partial charge in [0.05, 0.1) is 29.5 Å². The number of aryl methyl sites for hydroxylation is 1. The molecule has 0 saturated heterocycles. The molecule has 32 heavy (non-hydrogen) atoms. The minimum absolute atomic E-state index is 0. The van der Waals surface area contributed by atoms with Crippen molar-refractivity contribution < 1.29 is 9.53 Å². The van der Waals surface area contributed by atoms with Gasteiger partial charge < -0.3 is 4.74 Å². The molecular formula is C25H30ClN3O2S. The highest BCUT2D eigenvalue weighted by Gasteiger charge is 2.40. The second-order valence-corrected chi connectivity index (χ2v) is 10.7. The van der Waals surface area contributed by atoms with Crippen molar-refractivity contribution in [1.29, 1.82) is 0 Å². The molecule has 0 aliphatic carbocycles. The van der Waals surface area contributed by atoms with E-state index in [2.05, 4.69) is 24.1 Å². The monoisotopic (exact) mass is 471 g/mol. The number of esters is 1. The molecule has 0 amide bonds. The number of aliphatic imine (C=N–C) groups is 1. The molecule has 1 aromatic carbocycles. The van der Waals surface area contributed by atoms with E-state index < -0.39 is 11.6 Å². The fourth-order valence-corrected chi connectivity index (χ4v) is 5.48. The van der Waals surface area contributed by atoms with E-state index in [1.54, 1.807) is 11.3 Å². The Balaban J connectivity index is 0.00000289. The summed E-state index contributed by atoms with van der Waals surface area (Å²) < 4.78 is 5.60. The summed E-state index contributed by atoms with van der Waals surface area (Å²) in [7, 11) is 0. The predicted octanol–water partition coefficient (Wildman–Crippen LogP) is 6.52. The minimum atomic E-state index is -0.555. The molecule has 1 aromatic heterocycles. The number of carbonyl (C=O) groups excluding carboxylic acids is 1. The molecule has 2 atom stereocenters. The smallest absolute Gasteiger partial charge is 0.308 e. The lowest BCUT2D eigenvalue weighted by Gasteiger charge is -2.22. The fraction of sp³-hybridized carbons (Fsp3) is 0.440. The van der Waals surface area contributed by atoms with Crippen LogP contribution in [0.1, 0.15) is 73.9 Å². The van der Waals surface area contributed by atoms with Crippen LogP contribution in [-0.2, 0) is 9.53 Å². The Kier molecular flexibility index (Phi) is 6.78. The standard InChI is InChI=1S/C24H26ClN3O2S.CH4/c1-12-14(3)31-23-19(12)21(15-7-9-16(25)10-8-15)26-17(11-18(29)30-24(4,5)6)22-20(23)13(2)27-28-22;/h7-10,17,20H,11H2,1-6H3;1H4. The first kappa shape index (κ1) is 24.3. The fourth-order valence-electron chi connectivity index (χ4n) is 4.00. The van der Waals surface area contributed by atoms with Crippen LogP contribution in [0.4, 0.5) is 0 Å². The number of thiophene rings is 1. The molecule has 0 bridgehead atoms. The first-order valence-corrected chi connectivity index (χ1v) is 11.5. The summed E-state index contributed by atoms with van der Waals surface area (Å²) in [6.45, 7) is 11.9. The quantitative estimate of drug-likeness (QED) is 0.478. The number of ether oxygens (including phenoxy) is 1. The van der Waals surface area contributed by atoms with Crippen molar-refractivity contribution in [2.24, 2.45) is 15.2 Å². The largest absolute Gasteiger partial charge is 0.460 e. The second-order valence-electron chi connectivity index (χ2n) is 9.01. The molecule has 170 valence electrons. The number of benzene rings is 1. The van der Waals surface area contributed by atoms with Gasteiger partial charge in [-0.05, 0) is 59.2 Å². The van der Waals surface area contributed by atoms with Crippen molar-refractivity contribution in [1.82, 2.24) is 0 Å². The number of halogens is 1. The number of rotatable bonds is 3. The summed E-state index contributed by atoms with van der Waals surface area (Å²) in [4.78, 5) is 20.3. The molecule has 0 radical (unpaired) electrons. The van der Waals surface area contributed by atoms with Crippen LogP contribution in [0.2, 0.25) is 5.02 Å². The van der Waals surface area contributed by atoms with E-state index in [0.717, 1.165) is 28.3 Å². The maximum atomic E-state index is 12.7. The van der Waals surface area contributed by atoms with Gasteiger partial charge in [0.15, 0.2) is 0 Å². The third-order valence-electron chi connectivity index (χ3n) is 5.47. The minimum Gasteiger partial charge on any atom is -0.460 e. The highest BCUT2D eigenvalue weighted by atomic mass is 35.5. The third-order valence-corrected chi connectivity index (χ3v) is 7.00. The molecule has 5 nitrogen and oxygen atoms in total. The van der Waals surface area contributed by atoms with E-state index >= 15 is 0 Å². The number of hydrogen-bond acceptors (Lipinski definition) is 6. The van der Waals surface area contributed by atoms with Crippen molar-refractivity contribution in [3.63, 3.8) is 0 Å². The average Bonchev–Trinajstić information content (AvgIpc) is 3.14. The van der Waals surface area contributed by atoms with Gasteiger partial charge in [0, 0.05) is 25.9 Å². The van der Waals surface area contributed by atoms with Crippen LogP contribution in [0.15, 0.2) is 39.5 Å². The predicted molar refractivity (Wildman–Crippen MR) is 135 cm³/mol.